The van der Waals surface area contributed by atoms with Gasteiger partial charge in [-0.2, -0.15) is 0 Å². The SMILES string of the molecule is CCNS(=O)(=O)c1ccc(Nc2nccc(-c3ccnc4[nH]ccc34)n2)cc1. The summed E-state index contributed by atoms with van der Waals surface area (Å²) < 4.78 is 26.5. The molecule has 0 saturated carbocycles. The molecule has 0 amide bonds. The fourth-order valence-corrected chi connectivity index (χ4v) is 3.91. The highest BCUT2D eigenvalue weighted by atomic mass is 32.2. The zero-order chi connectivity index (χ0) is 19.6. The number of hydrogen-bond acceptors (Lipinski definition) is 6. The number of aromatic nitrogens is 4. The number of aromatic amines is 1. The summed E-state index contributed by atoms with van der Waals surface area (Å²) in [5.41, 5.74) is 3.19. The van der Waals surface area contributed by atoms with Crippen LogP contribution in [-0.2, 0) is 10.0 Å². The van der Waals surface area contributed by atoms with Crippen LogP contribution in [0.25, 0.3) is 22.3 Å². The van der Waals surface area contributed by atoms with Gasteiger partial charge in [0.15, 0.2) is 0 Å². The molecule has 142 valence electrons. The van der Waals surface area contributed by atoms with Crippen LogP contribution in [0.15, 0.2) is 66.0 Å². The number of nitrogens with one attached hydrogen (secondary N) is 3. The lowest BCUT2D eigenvalue weighted by molar-refractivity contribution is 0.584. The summed E-state index contributed by atoms with van der Waals surface area (Å²) in [4.78, 5) is 16.4. The minimum Gasteiger partial charge on any atom is -0.346 e. The average molecular weight is 394 g/mol. The first kappa shape index (κ1) is 18.1. The van der Waals surface area contributed by atoms with Crippen LogP contribution >= 0.6 is 0 Å². The third kappa shape index (κ3) is 3.57. The molecule has 3 heterocycles. The summed E-state index contributed by atoms with van der Waals surface area (Å²) in [7, 11) is -3.48. The standard InChI is InChI=1S/C19H18N6O2S/c1-2-23-28(26,27)14-5-3-13(4-6-14)24-19-22-12-9-17(25-19)15-7-10-20-18-16(15)8-11-21-18/h3-12,23H,2H2,1H3,(H,20,21)(H,22,24,25). The first-order chi connectivity index (χ1) is 13.6. The minimum atomic E-state index is -3.48. The summed E-state index contributed by atoms with van der Waals surface area (Å²) in [6.07, 6.45) is 5.24. The van der Waals surface area contributed by atoms with Gasteiger partial charge in [-0.1, -0.05) is 6.92 Å². The normalized spacial score (nSPS) is 11.6. The van der Waals surface area contributed by atoms with Crippen molar-refractivity contribution in [1.29, 1.82) is 0 Å². The van der Waals surface area contributed by atoms with Crippen molar-refractivity contribution in [2.45, 2.75) is 11.8 Å². The molecular weight excluding hydrogens is 376 g/mol. The molecule has 28 heavy (non-hydrogen) atoms. The molecule has 0 unspecified atom stereocenters. The van der Waals surface area contributed by atoms with Crippen molar-refractivity contribution >= 4 is 32.7 Å². The molecule has 9 heteroatoms. The largest absolute Gasteiger partial charge is 0.346 e. The van der Waals surface area contributed by atoms with Gasteiger partial charge >= 0.3 is 0 Å². The zero-order valence-electron chi connectivity index (χ0n) is 15.0. The van der Waals surface area contributed by atoms with Crippen molar-refractivity contribution in [3.05, 3.63) is 61.1 Å². The monoisotopic (exact) mass is 394 g/mol. The van der Waals surface area contributed by atoms with E-state index in [0.29, 0.717) is 18.2 Å². The van der Waals surface area contributed by atoms with Crippen LogP contribution in [0.1, 0.15) is 6.92 Å². The molecule has 0 aliphatic carbocycles. The molecule has 0 aliphatic rings. The van der Waals surface area contributed by atoms with Crippen LogP contribution in [0, 0.1) is 0 Å². The number of fused-ring (bicyclic) bond motifs is 1. The van der Waals surface area contributed by atoms with Crippen LogP contribution in [0.5, 0.6) is 0 Å². The maximum Gasteiger partial charge on any atom is 0.240 e. The molecule has 3 N–H and O–H groups in total. The summed E-state index contributed by atoms with van der Waals surface area (Å²) in [5, 5.41) is 4.08. The Bertz CT molecular complexity index is 1220. The summed E-state index contributed by atoms with van der Waals surface area (Å²) >= 11 is 0. The maximum atomic E-state index is 12.0. The van der Waals surface area contributed by atoms with E-state index < -0.39 is 10.0 Å². The smallest absolute Gasteiger partial charge is 0.240 e. The summed E-state index contributed by atoms with van der Waals surface area (Å²) in [6, 6.07) is 12.1. The Labute approximate surface area is 162 Å². The molecule has 0 aliphatic heterocycles. The summed E-state index contributed by atoms with van der Waals surface area (Å²) in [5.74, 6) is 0.417. The highest BCUT2D eigenvalue weighted by molar-refractivity contribution is 7.89. The van der Waals surface area contributed by atoms with Gasteiger partial charge in [-0.3, -0.25) is 0 Å². The minimum absolute atomic E-state index is 0.209. The van der Waals surface area contributed by atoms with Gasteiger partial charge in [0.05, 0.1) is 10.6 Å². The van der Waals surface area contributed by atoms with Crippen molar-refractivity contribution < 1.29 is 8.42 Å². The van der Waals surface area contributed by atoms with Gasteiger partial charge in [-0.15, -0.1) is 0 Å². The van der Waals surface area contributed by atoms with Gasteiger partial charge in [0.1, 0.15) is 5.65 Å². The van der Waals surface area contributed by atoms with Crippen LogP contribution in [0.3, 0.4) is 0 Å². The molecular formula is C19H18N6O2S. The fourth-order valence-electron chi connectivity index (χ4n) is 2.87. The second-order valence-electron chi connectivity index (χ2n) is 6.01. The Kier molecular flexibility index (Phi) is 4.76. The number of nitrogens with zero attached hydrogens (tertiary/aromatic N) is 3. The quantitative estimate of drug-likeness (QED) is 0.463. The van der Waals surface area contributed by atoms with Crippen molar-refractivity contribution in [2.24, 2.45) is 0 Å². The van der Waals surface area contributed by atoms with Crippen LogP contribution in [0.4, 0.5) is 11.6 Å². The van der Waals surface area contributed by atoms with E-state index in [4.69, 9.17) is 0 Å². The van der Waals surface area contributed by atoms with Crippen molar-refractivity contribution in [2.75, 3.05) is 11.9 Å². The Morgan fingerprint density at radius 3 is 2.57 bits per heavy atom. The number of benzene rings is 1. The van der Waals surface area contributed by atoms with E-state index in [9.17, 15) is 8.42 Å². The predicted molar refractivity (Wildman–Crippen MR) is 108 cm³/mol. The molecule has 1 aromatic carbocycles. The fraction of sp³-hybridized carbons (Fsp3) is 0.105. The summed E-state index contributed by atoms with van der Waals surface area (Å²) in [6.45, 7) is 2.08. The second-order valence-corrected chi connectivity index (χ2v) is 7.78. The Morgan fingerprint density at radius 2 is 1.79 bits per heavy atom. The van der Waals surface area contributed by atoms with Crippen LogP contribution in [0.2, 0.25) is 0 Å². The van der Waals surface area contributed by atoms with E-state index in [1.54, 1.807) is 31.5 Å². The molecule has 0 radical (unpaired) electrons. The van der Waals surface area contributed by atoms with Gasteiger partial charge in [-0.25, -0.2) is 28.1 Å². The lowest BCUT2D eigenvalue weighted by Crippen LogP contribution is -2.22. The maximum absolute atomic E-state index is 12.0. The van der Waals surface area contributed by atoms with Gasteiger partial charge in [0, 0.05) is 41.8 Å². The Hall–Kier alpha value is -3.30. The molecule has 3 aromatic heterocycles. The van der Waals surface area contributed by atoms with Gasteiger partial charge in [-0.05, 0) is 42.5 Å². The van der Waals surface area contributed by atoms with Crippen molar-refractivity contribution in [3.63, 3.8) is 0 Å². The topological polar surface area (TPSA) is 113 Å². The third-order valence-electron chi connectivity index (χ3n) is 4.15. The number of H-pyrrole nitrogens is 1. The lowest BCUT2D eigenvalue weighted by Gasteiger charge is -2.09. The van der Waals surface area contributed by atoms with Gasteiger partial charge in [0.25, 0.3) is 0 Å². The molecule has 4 rings (SSSR count). The Morgan fingerprint density at radius 1 is 1.00 bits per heavy atom. The lowest BCUT2D eigenvalue weighted by atomic mass is 10.1. The molecule has 0 bridgehead atoms. The van der Waals surface area contributed by atoms with E-state index in [1.807, 2.05) is 24.4 Å². The molecule has 0 spiro atoms. The predicted octanol–water partition coefficient (Wildman–Crippen LogP) is 3.06. The molecule has 4 aromatic rings. The van der Waals surface area contributed by atoms with E-state index in [0.717, 1.165) is 22.3 Å². The zero-order valence-corrected chi connectivity index (χ0v) is 15.9. The highest BCUT2D eigenvalue weighted by Crippen LogP contribution is 2.26. The first-order valence-corrected chi connectivity index (χ1v) is 10.2. The van der Waals surface area contributed by atoms with Crippen LogP contribution < -0.4 is 10.0 Å². The van der Waals surface area contributed by atoms with E-state index in [1.165, 1.54) is 12.1 Å². The van der Waals surface area contributed by atoms with Gasteiger partial charge < -0.3 is 10.3 Å². The highest BCUT2D eigenvalue weighted by Gasteiger charge is 2.12. The number of hydrogen-bond donors (Lipinski definition) is 3. The molecule has 0 fully saturated rings. The van der Waals surface area contributed by atoms with Crippen LogP contribution in [-0.4, -0.2) is 34.9 Å². The number of pyridine rings is 1. The first-order valence-electron chi connectivity index (χ1n) is 8.69. The molecule has 0 saturated heterocycles. The van der Waals surface area contributed by atoms with Crippen molar-refractivity contribution in [3.8, 4) is 11.3 Å². The Balaban J connectivity index is 1.60. The molecule has 0 atom stereocenters. The number of rotatable bonds is 6. The van der Waals surface area contributed by atoms with E-state index in [-0.39, 0.29) is 4.90 Å². The molecule has 8 nitrogen and oxygen atoms in total. The third-order valence-corrected chi connectivity index (χ3v) is 5.71. The average Bonchev–Trinajstić information content (AvgIpc) is 3.17. The number of anilines is 2. The van der Waals surface area contributed by atoms with Gasteiger partial charge in [0.2, 0.25) is 16.0 Å². The number of sulfonamides is 1. The van der Waals surface area contributed by atoms with Crippen molar-refractivity contribution in [1.82, 2.24) is 24.7 Å². The second kappa shape index (κ2) is 7.37. The van der Waals surface area contributed by atoms with E-state index >= 15 is 0 Å². The van der Waals surface area contributed by atoms with E-state index in [2.05, 4.69) is 30.0 Å².